The van der Waals surface area contributed by atoms with Crippen LogP contribution in [0, 0.1) is 0 Å². The van der Waals surface area contributed by atoms with Gasteiger partial charge in [0, 0.05) is 0 Å². The van der Waals surface area contributed by atoms with E-state index >= 15 is 0 Å². The SMILES string of the molecule is O=C1C[C@H]2O[C@H](c3ccccc3)[C@@H](O)[C@@H](O1)[C@H]2O. The number of aliphatic hydroxyl groups excluding tert-OH is 2. The van der Waals surface area contributed by atoms with E-state index in [1.54, 1.807) is 0 Å². The zero-order valence-corrected chi connectivity index (χ0v) is 9.60. The molecule has 0 amide bonds. The average Bonchev–Trinajstić information content (AvgIpc) is 2.37. The highest BCUT2D eigenvalue weighted by atomic mass is 16.6. The number of fused-ring (bicyclic) bond motifs is 2. The van der Waals surface area contributed by atoms with Crippen LogP contribution in [0.3, 0.4) is 0 Å². The smallest absolute Gasteiger partial charge is 0.308 e. The van der Waals surface area contributed by atoms with Crippen LogP contribution in [0.2, 0.25) is 0 Å². The Bertz CT molecular complexity index is 446. The van der Waals surface area contributed by atoms with Crippen molar-refractivity contribution in [2.24, 2.45) is 0 Å². The molecule has 3 rings (SSSR count). The fraction of sp³-hybridized carbons (Fsp3) is 0.462. The predicted molar refractivity (Wildman–Crippen MR) is 60.6 cm³/mol. The maximum atomic E-state index is 11.3. The van der Waals surface area contributed by atoms with Crippen LogP contribution in [0.15, 0.2) is 30.3 Å². The Balaban J connectivity index is 1.89. The Morgan fingerprint density at radius 1 is 1.11 bits per heavy atom. The molecular formula is C13H14O5. The summed E-state index contributed by atoms with van der Waals surface area (Å²) in [5, 5.41) is 20.0. The van der Waals surface area contributed by atoms with E-state index < -0.39 is 36.5 Å². The van der Waals surface area contributed by atoms with Gasteiger partial charge in [-0.3, -0.25) is 4.79 Å². The van der Waals surface area contributed by atoms with Crippen LogP contribution >= 0.6 is 0 Å². The standard InChI is InChI=1S/C13H14O5/c14-9-6-8-10(15)13(18-9)11(16)12(17-8)7-4-2-1-3-5-7/h1-5,8,10-13,15-16H,6H2/t8-,10+,11-,12-,13+/m1/s1. The number of hydrogen-bond acceptors (Lipinski definition) is 5. The summed E-state index contributed by atoms with van der Waals surface area (Å²) < 4.78 is 10.7. The van der Waals surface area contributed by atoms with Crippen molar-refractivity contribution in [2.45, 2.75) is 36.9 Å². The molecule has 5 nitrogen and oxygen atoms in total. The fourth-order valence-electron chi connectivity index (χ4n) is 2.53. The Kier molecular flexibility index (Phi) is 2.81. The van der Waals surface area contributed by atoms with Gasteiger partial charge in [-0.2, -0.15) is 0 Å². The predicted octanol–water partition coefficient (Wildman–Crippen LogP) is 0.164. The van der Waals surface area contributed by atoms with Crippen molar-refractivity contribution in [1.82, 2.24) is 0 Å². The van der Waals surface area contributed by atoms with Crippen molar-refractivity contribution >= 4 is 5.97 Å². The first-order chi connectivity index (χ1) is 8.66. The molecule has 2 heterocycles. The third-order valence-corrected chi connectivity index (χ3v) is 3.45. The first-order valence-electron chi connectivity index (χ1n) is 5.93. The second kappa shape index (κ2) is 4.35. The number of hydrogen-bond donors (Lipinski definition) is 2. The quantitative estimate of drug-likeness (QED) is 0.695. The lowest BCUT2D eigenvalue weighted by molar-refractivity contribution is -0.257. The summed E-state index contributed by atoms with van der Waals surface area (Å²) >= 11 is 0. The minimum Gasteiger partial charge on any atom is -0.457 e. The number of benzene rings is 1. The molecule has 18 heavy (non-hydrogen) atoms. The van der Waals surface area contributed by atoms with E-state index in [0.717, 1.165) is 5.56 Å². The van der Waals surface area contributed by atoms with Crippen molar-refractivity contribution in [1.29, 1.82) is 0 Å². The van der Waals surface area contributed by atoms with Crippen molar-refractivity contribution in [3.8, 4) is 0 Å². The maximum absolute atomic E-state index is 11.3. The van der Waals surface area contributed by atoms with Crippen molar-refractivity contribution < 1.29 is 24.5 Å². The van der Waals surface area contributed by atoms with E-state index in [1.165, 1.54) is 0 Å². The van der Waals surface area contributed by atoms with Crippen LogP contribution in [0.5, 0.6) is 0 Å². The van der Waals surface area contributed by atoms with Crippen molar-refractivity contribution in [2.75, 3.05) is 0 Å². The minimum atomic E-state index is -1.05. The Morgan fingerprint density at radius 2 is 1.83 bits per heavy atom. The van der Waals surface area contributed by atoms with Gasteiger partial charge in [0.15, 0.2) is 6.10 Å². The van der Waals surface area contributed by atoms with E-state index in [-0.39, 0.29) is 6.42 Å². The molecule has 2 aliphatic heterocycles. The number of carbonyl (C=O) groups excluding carboxylic acids is 1. The molecule has 2 bridgehead atoms. The van der Waals surface area contributed by atoms with Crippen molar-refractivity contribution in [3.63, 3.8) is 0 Å². The van der Waals surface area contributed by atoms with E-state index in [4.69, 9.17) is 9.47 Å². The van der Waals surface area contributed by atoms with Crippen LogP contribution in [-0.4, -0.2) is 40.6 Å². The Hall–Kier alpha value is -1.43. The van der Waals surface area contributed by atoms with Gasteiger partial charge in [-0.05, 0) is 5.56 Å². The number of aliphatic hydroxyl groups is 2. The van der Waals surface area contributed by atoms with Gasteiger partial charge in [-0.1, -0.05) is 30.3 Å². The molecule has 2 saturated heterocycles. The molecule has 1 aromatic rings. The molecule has 2 fully saturated rings. The summed E-state index contributed by atoms with van der Waals surface area (Å²) in [6.45, 7) is 0. The zero-order valence-electron chi connectivity index (χ0n) is 9.60. The van der Waals surface area contributed by atoms with E-state index in [0.29, 0.717) is 0 Å². The van der Waals surface area contributed by atoms with Crippen LogP contribution in [0.25, 0.3) is 0 Å². The van der Waals surface area contributed by atoms with Gasteiger partial charge in [0.2, 0.25) is 0 Å². The largest absolute Gasteiger partial charge is 0.457 e. The number of carbonyl (C=O) groups is 1. The molecule has 5 heteroatoms. The third kappa shape index (κ3) is 1.80. The zero-order chi connectivity index (χ0) is 12.7. The molecule has 5 atom stereocenters. The highest BCUT2D eigenvalue weighted by Crippen LogP contribution is 2.37. The van der Waals surface area contributed by atoms with E-state index in [9.17, 15) is 15.0 Å². The first-order valence-corrected chi connectivity index (χ1v) is 5.93. The molecule has 96 valence electrons. The van der Waals surface area contributed by atoms with Crippen LogP contribution in [-0.2, 0) is 14.3 Å². The van der Waals surface area contributed by atoms with Crippen LogP contribution in [0.1, 0.15) is 18.1 Å². The summed E-state index contributed by atoms with van der Waals surface area (Å²) in [5.74, 6) is -0.444. The average molecular weight is 250 g/mol. The second-order valence-electron chi connectivity index (χ2n) is 4.65. The summed E-state index contributed by atoms with van der Waals surface area (Å²) in [7, 11) is 0. The Morgan fingerprint density at radius 3 is 2.56 bits per heavy atom. The van der Waals surface area contributed by atoms with Crippen molar-refractivity contribution in [3.05, 3.63) is 35.9 Å². The molecule has 0 aliphatic carbocycles. The molecule has 2 N–H and O–H groups in total. The van der Waals surface area contributed by atoms with Gasteiger partial charge in [-0.15, -0.1) is 0 Å². The number of ether oxygens (including phenoxy) is 2. The molecule has 1 aromatic carbocycles. The molecule has 0 spiro atoms. The highest BCUT2D eigenvalue weighted by molar-refractivity contribution is 5.71. The summed E-state index contributed by atoms with van der Waals surface area (Å²) in [6, 6.07) is 9.23. The van der Waals surface area contributed by atoms with Gasteiger partial charge in [0.25, 0.3) is 0 Å². The molecular weight excluding hydrogens is 236 g/mol. The van der Waals surface area contributed by atoms with Gasteiger partial charge in [0.05, 0.1) is 12.5 Å². The fourth-order valence-corrected chi connectivity index (χ4v) is 2.53. The van der Waals surface area contributed by atoms with E-state index in [1.807, 2.05) is 30.3 Å². The first kappa shape index (κ1) is 11.6. The number of rotatable bonds is 1. The highest BCUT2D eigenvalue weighted by Gasteiger charge is 2.50. The molecule has 0 radical (unpaired) electrons. The second-order valence-corrected chi connectivity index (χ2v) is 4.65. The third-order valence-electron chi connectivity index (χ3n) is 3.45. The lowest BCUT2D eigenvalue weighted by Gasteiger charge is -2.45. The Labute approximate surface area is 104 Å². The van der Waals surface area contributed by atoms with Gasteiger partial charge >= 0.3 is 5.97 Å². The number of esters is 1. The van der Waals surface area contributed by atoms with Gasteiger partial charge < -0.3 is 19.7 Å². The summed E-state index contributed by atoms with van der Waals surface area (Å²) in [5.41, 5.74) is 0.810. The molecule has 0 aromatic heterocycles. The van der Waals surface area contributed by atoms with Gasteiger partial charge in [0.1, 0.15) is 18.3 Å². The van der Waals surface area contributed by atoms with Gasteiger partial charge in [-0.25, -0.2) is 0 Å². The van der Waals surface area contributed by atoms with Crippen LogP contribution in [0.4, 0.5) is 0 Å². The van der Waals surface area contributed by atoms with E-state index in [2.05, 4.69) is 0 Å². The monoisotopic (exact) mass is 250 g/mol. The minimum absolute atomic E-state index is 0.0215. The topological polar surface area (TPSA) is 76.0 Å². The summed E-state index contributed by atoms with van der Waals surface area (Å²) in [6.07, 6.45) is -4.08. The molecule has 0 unspecified atom stereocenters. The molecule has 2 aliphatic rings. The van der Waals surface area contributed by atoms with Crippen LogP contribution < -0.4 is 0 Å². The summed E-state index contributed by atoms with van der Waals surface area (Å²) in [4.78, 5) is 11.3. The normalized spacial score (nSPS) is 39.2. The maximum Gasteiger partial charge on any atom is 0.308 e. The lowest BCUT2D eigenvalue weighted by Crippen LogP contribution is -2.59. The lowest BCUT2D eigenvalue weighted by atomic mass is 9.88. The molecule has 0 saturated carbocycles.